The van der Waals surface area contributed by atoms with Crippen molar-refractivity contribution in [3.05, 3.63) is 0 Å². The van der Waals surface area contributed by atoms with Crippen LogP contribution in [0.15, 0.2) is 0 Å². The molecule has 1 aliphatic rings. The van der Waals surface area contributed by atoms with E-state index in [1.165, 1.54) is 7.11 Å². The molecule has 3 nitrogen and oxygen atoms in total. The molecule has 0 saturated carbocycles. The standard InChI is InChI=1S/C8H15NO2.ClH/c1-6-4-9-5-7(6)3-8(10)11-2;/h6-7,9H,3-5H2,1-2H3;1H/t6-,7-;/m1./s1. The third kappa shape index (κ3) is 2.99. The average Bonchev–Trinajstić information content (AvgIpc) is 2.37. The summed E-state index contributed by atoms with van der Waals surface area (Å²) in [4.78, 5) is 10.9. The number of carbonyl (C=O) groups is 1. The lowest BCUT2D eigenvalue weighted by Gasteiger charge is -2.11. The number of ether oxygens (including phenoxy) is 1. The first kappa shape index (κ1) is 11.7. The lowest BCUT2D eigenvalue weighted by molar-refractivity contribution is -0.141. The first-order chi connectivity index (χ1) is 5.24. The van der Waals surface area contributed by atoms with Gasteiger partial charge < -0.3 is 10.1 Å². The molecule has 1 N–H and O–H groups in total. The van der Waals surface area contributed by atoms with Crippen LogP contribution >= 0.6 is 12.4 Å². The molecular weight excluding hydrogens is 178 g/mol. The van der Waals surface area contributed by atoms with Gasteiger partial charge in [0, 0.05) is 6.42 Å². The van der Waals surface area contributed by atoms with Gasteiger partial charge in [-0.05, 0) is 24.9 Å². The maximum atomic E-state index is 10.9. The van der Waals surface area contributed by atoms with Crippen LogP contribution in [-0.4, -0.2) is 26.2 Å². The number of hydrogen-bond acceptors (Lipinski definition) is 3. The van der Waals surface area contributed by atoms with Crippen LogP contribution < -0.4 is 5.32 Å². The Bertz CT molecular complexity index is 152. The average molecular weight is 194 g/mol. The Labute approximate surface area is 79.3 Å². The van der Waals surface area contributed by atoms with Gasteiger partial charge in [0.25, 0.3) is 0 Å². The highest BCUT2D eigenvalue weighted by Gasteiger charge is 2.25. The highest BCUT2D eigenvalue weighted by Crippen LogP contribution is 2.19. The molecule has 0 radical (unpaired) electrons. The van der Waals surface area contributed by atoms with Crippen molar-refractivity contribution < 1.29 is 9.53 Å². The van der Waals surface area contributed by atoms with Crippen molar-refractivity contribution in [1.29, 1.82) is 0 Å². The van der Waals surface area contributed by atoms with Gasteiger partial charge in [0.15, 0.2) is 0 Å². The monoisotopic (exact) mass is 193 g/mol. The molecule has 1 saturated heterocycles. The molecule has 0 aromatic rings. The minimum Gasteiger partial charge on any atom is -0.469 e. The molecule has 0 spiro atoms. The summed E-state index contributed by atoms with van der Waals surface area (Å²) in [7, 11) is 1.44. The predicted molar refractivity (Wildman–Crippen MR) is 49.4 cm³/mol. The quantitative estimate of drug-likeness (QED) is 0.661. The van der Waals surface area contributed by atoms with Gasteiger partial charge in [-0.3, -0.25) is 4.79 Å². The minimum absolute atomic E-state index is 0. The van der Waals surface area contributed by atoms with E-state index in [0.717, 1.165) is 13.1 Å². The summed E-state index contributed by atoms with van der Waals surface area (Å²) in [5, 5.41) is 3.24. The topological polar surface area (TPSA) is 38.3 Å². The maximum absolute atomic E-state index is 10.9. The summed E-state index contributed by atoms with van der Waals surface area (Å²) in [6, 6.07) is 0. The largest absolute Gasteiger partial charge is 0.469 e. The molecule has 0 aromatic heterocycles. The second-order valence-corrected chi connectivity index (χ2v) is 3.18. The molecule has 0 bridgehead atoms. The number of rotatable bonds is 2. The van der Waals surface area contributed by atoms with Crippen LogP contribution in [0.2, 0.25) is 0 Å². The van der Waals surface area contributed by atoms with E-state index in [-0.39, 0.29) is 18.4 Å². The molecule has 0 amide bonds. The van der Waals surface area contributed by atoms with E-state index in [2.05, 4.69) is 17.0 Å². The van der Waals surface area contributed by atoms with E-state index in [4.69, 9.17) is 0 Å². The summed E-state index contributed by atoms with van der Waals surface area (Å²) < 4.78 is 4.59. The molecule has 4 heteroatoms. The number of nitrogens with one attached hydrogen (secondary N) is 1. The summed E-state index contributed by atoms with van der Waals surface area (Å²) in [6.45, 7) is 4.14. The molecule has 0 aromatic carbocycles. The van der Waals surface area contributed by atoms with Crippen molar-refractivity contribution in [1.82, 2.24) is 5.32 Å². The van der Waals surface area contributed by atoms with Gasteiger partial charge in [-0.1, -0.05) is 6.92 Å². The highest BCUT2D eigenvalue weighted by atomic mass is 35.5. The van der Waals surface area contributed by atoms with E-state index in [0.29, 0.717) is 18.3 Å². The van der Waals surface area contributed by atoms with E-state index in [1.54, 1.807) is 0 Å². The van der Waals surface area contributed by atoms with Gasteiger partial charge >= 0.3 is 5.97 Å². The number of esters is 1. The fraction of sp³-hybridized carbons (Fsp3) is 0.875. The van der Waals surface area contributed by atoms with Crippen LogP contribution in [0.1, 0.15) is 13.3 Å². The molecule has 0 unspecified atom stereocenters. The molecule has 1 heterocycles. The van der Waals surface area contributed by atoms with Crippen molar-refractivity contribution in [2.75, 3.05) is 20.2 Å². The van der Waals surface area contributed by atoms with Gasteiger partial charge in [0.05, 0.1) is 7.11 Å². The van der Waals surface area contributed by atoms with E-state index >= 15 is 0 Å². The van der Waals surface area contributed by atoms with Crippen molar-refractivity contribution in [3.63, 3.8) is 0 Å². The van der Waals surface area contributed by atoms with Crippen molar-refractivity contribution in [2.45, 2.75) is 13.3 Å². The van der Waals surface area contributed by atoms with Crippen LogP contribution in [0.3, 0.4) is 0 Å². The molecule has 1 fully saturated rings. The van der Waals surface area contributed by atoms with Gasteiger partial charge in [-0.2, -0.15) is 0 Å². The SMILES string of the molecule is COC(=O)C[C@@H]1CNC[C@H]1C.Cl. The first-order valence-corrected chi connectivity index (χ1v) is 4.01. The normalized spacial score (nSPS) is 27.8. The molecule has 72 valence electrons. The summed E-state index contributed by atoms with van der Waals surface area (Å²) in [6.07, 6.45) is 0.560. The smallest absolute Gasteiger partial charge is 0.305 e. The van der Waals surface area contributed by atoms with Gasteiger partial charge in [-0.25, -0.2) is 0 Å². The predicted octanol–water partition coefficient (Wildman–Crippen LogP) is 0.827. The fourth-order valence-corrected chi connectivity index (χ4v) is 1.44. The zero-order valence-electron chi connectivity index (χ0n) is 7.50. The van der Waals surface area contributed by atoms with Crippen molar-refractivity contribution >= 4 is 18.4 Å². The molecule has 0 aliphatic carbocycles. The number of halogens is 1. The van der Waals surface area contributed by atoms with Gasteiger partial charge in [0.2, 0.25) is 0 Å². The Balaban J connectivity index is 0.00000121. The highest BCUT2D eigenvalue weighted by molar-refractivity contribution is 5.85. The summed E-state index contributed by atoms with van der Waals surface area (Å²) in [5.74, 6) is 0.988. The van der Waals surface area contributed by atoms with Gasteiger partial charge in [0.1, 0.15) is 0 Å². The van der Waals surface area contributed by atoms with Crippen molar-refractivity contribution in [2.24, 2.45) is 11.8 Å². The Hall–Kier alpha value is -0.280. The lowest BCUT2D eigenvalue weighted by atomic mass is 9.95. The second-order valence-electron chi connectivity index (χ2n) is 3.18. The number of carbonyl (C=O) groups excluding carboxylic acids is 1. The van der Waals surface area contributed by atoms with Crippen LogP contribution in [0.4, 0.5) is 0 Å². The summed E-state index contributed by atoms with van der Waals surface area (Å²) in [5.41, 5.74) is 0. The second kappa shape index (κ2) is 5.38. The Morgan fingerprint density at radius 3 is 2.67 bits per heavy atom. The summed E-state index contributed by atoms with van der Waals surface area (Å²) >= 11 is 0. The van der Waals surface area contributed by atoms with Crippen LogP contribution in [0, 0.1) is 11.8 Å². The zero-order valence-corrected chi connectivity index (χ0v) is 8.32. The first-order valence-electron chi connectivity index (χ1n) is 4.01. The van der Waals surface area contributed by atoms with Crippen LogP contribution in [-0.2, 0) is 9.53 Å². The third-order valence-electron chi connectivity index (χ3n) is 2.33. The molecule has 2 atom stereocenters. The van der Waals surface area contributed by atoms with Crippen molar-refractivity contribution in [3.8, 4) is 0 Å². The zero-order chi connectivity index (χ0) is 8.27. The van der Waals surface area contributed by atoms with Gasteiger partial charge in [-0.15, -0.1) is 12.4 Å². The Kier molecular flexibility index (Phi) is 5.25. The molecule has 1 aliphatic heterocycles. The van der Waals surface area contributed by atoms with E-state index < -0.39 is 0 Å². The van der Waals surface area contributed by atoms with E-state index in [9.17, 15) is 4.79 Å². The number of hydrogen-bond donors (Lipinski definition) is 1. The Morgan fingerprint density at radius 1 is 1.58 bits per heavy atom. The fourth-order valence-electron chi connectivity index (χ4n) is 1.44. The minimum atomic E-state index is -0.0921. The Morgan fingerprint density at radius 2 is 2.25 bits per heavy atom. The van der Waals surface area contributed by atoms with Crippen LogP contribution in [0.5, 0.6) is 0 Å². The van der Waals surface area contributed by atoms with Crippen LogP contribution in [0.25, 0.3) is 0 Å². The van der Waals surface area contributed by atoms with E-state index in [1.807, 2.05) is 0 Å². The number of methoxy groups -OCH3 is 1. The maximum Gasteiger partial charge on any atom is 0.305 e. The third-order valence-corrected chi connectivity index (χ3v) is 2.33. The molecular formula is C8H16ClNO2. The lowest BCUT2D eigenvalue weighted by Crippen LogP contribution is -2.15. The molecule has 1 rings (SSSR count). The molecule has 12 heavy (non-hydrogen) atoms.